The second-order valence-electron chi connectivity index (χ2n) is 5.76. The third kappa shape index (κ3) is 3.70. The molecular formula is C13H18N6O7S. The molecule has 0 radical (unpaired) electrons. The number of ether oxygens (including phenoxy) is 2. The Morgan fingerprint density at radius 3 is 2.81 bits per heavy atom. The van der Waals surface area contributed by atoms with Gasteiger partial charge in [0, 0.05) is 19.4 Å². The molecule has 1 saturated heterocycles. The summed E-state index contributed by atoms with van der Waals surface area (Å²) in [6, 6.07) is 1.14. The summed E-state index contributed by atoms with van der Waals surface area (Å²) in [4.78, 5) is 25.3. The average molecular weight is 402 g/mol. The van der Waals surface area contributed by atoms with Crippen LogP contribution in [0.2, 0.25) is 0 Å². The maximum absolute atomic E-state index is 12.0. The van der Waals surface area contributed by atoms with Crippen LogP contribution in [0.25, 0.3) is 0 Å². The molecule has 0 spiro atoms. The van der Waals surface area contributed by atoms with Crippen molar-refractivity contribution in [3.05, 3.63) is 39.3 Å². The van der Waals surface area contributed by atoms with Crippen LogP contribution in [-0.2, 0) is 26.0 Å². The van der Waals surface area contributed by atoms with Gasteiger partial charge in [-0.05, 0) is 7.05 Å². The highest BCUT2D eigenvalue weighted by Gasteiger charge is 2.45. The third-order valence-electron chi connectivity index (χ3n) is 4.14. The van der Waals surface area contributed by atoms with Gasteiger partial charge in [0.05, 0.1) is 12.7 Å². The van der Waals surface area contributed by atoms with Gasteiger partial charge >= 0.3 is 5.69 Å². The molecule has 0 aromatic carbocycles. The molecule has 1 fully saturated rings. The minimum absolute atomic E-state index is 0.0398. The lowest BCUT2D eigenvalue weighted by Gasteiger charge is -2.19. The molecule has 1 aliphatic heterocycles. The molecule has 3 rings (SSSR count). The Balaban J connectivity index is 1.84. The van der Waals surface area contributed by atoms with Crippen LogP contribution in [0.5, 0.6) is 0 Å². The van der Waals surface area contributed by atoms with Crippen molar-refractivity contribution < 1.29 is 23.0 Å². The summed E-state index contributed by atoms with van der Waals surface area (Å²) in [5.41, 5.74) is -1.29. The molecule has 13 nitrogen and oxygen atoms in total. The lowest BCUT2D eigenvalue weighted by Crippen LogP contribution is -2.38. The van der Waals surface area contributed by atoms with Crippen molar-refractivity contribution in [2.75, 3.05) is 14.2 Å². The number of sulfonamides is 1. The van der Waals surface area contributed by atoms with Crippen LogP contribution in [0.1, 0.15) is 6.23 Å². The second kappa shape index (κ2) is 7.32. The number of hydrogen-bond acceptors (Lipinski definition) is 9. The fourth-order valence-corrected chi connectivity index (χ4v) is 3.37. The van der Waals surface area contributed by atoms with E-state index >= 15 is 0 Å². The number of nitrogens with one attached hydrogen (secondary N) is 2. The first kappa shape index (κ1) is 19.4. The molecular weight excluding hydrogens is 384 g/mol. The van der Waals surface area contributed by atoms with Gasteiger partial charge in [0.1, 0.15) is 18.3 Å². The number of H-pyrrole nitrogens is 1. The van der Waals surface area contributed by atoms with E-state index in [2.05, 4.69) is 20.0 Å². The molecule has 2 aromatic rings. The van der Waals surface area contributed by atoms with Crippen LogP contribution in [0, 0.1) is 0 Å². The Morgan fingerprint density at radius 1 is 1.44 bits per heavy atom. The van der Waals surface area contributed by atoms with Gasteiger partial charge in [0.2, 0.25) is 5.03 Å². The van der Waals surface area contributed by atoms with Crippen molar-refractivity contribution in [3.8, 4) is 0 Å². The molecule has 0 aliphatic carbocycles. The molecule has 14 heteroatoms. The Kier molecular flexibility index (Phi) is 5.25. The first-order chi connectivity index (χ1) is 12.8. The first-order valence-corrected chi connectivity index (χ1v) is 9.26. The monoisotopic (exact) mass is 402 g/mol. The summed E-state index contributed by atoms with van der Waals surface area (Å²) in [6.45, 7) is -0.0398. The highest BCUT2D eigenvalue weighted by Crippen LogP contribution is 2.31. The quantitative estimate of drug-likeness (QED) is 0.456. The van der Waals surface area contributed by atoms with Crippen molar-refractivity contribution in [2.24, 2.45) is 0 Å². The average Bonchev–Trinajstić information content (AvgIpc) is 3.21. The smallest absolute Gasteiger partial charge is 0.330 e. The number of nitrogens with zero attached hydrogens (tertiary/aromatic N) is 4. The van der Waals surface area contributed by atoms with Gasteiger partial charge in [-0.1, -0.05) is 5.21 Å². The van der Waals surface area contributed by atoms with Crippen LogP contribution < -0.4 is 16.0 Å². The van der Waals surface area contributed by atoms with E-state index in [-0.39, 0.29) is 11.6 Å². The third-order valence-corrected chi connectivity index (χ3v) is 5.41. The minimum atomic E-state index is -3.76. The summed E-state index contributed by atoms with van der Waals surface area (Å²) < 4.78 is 38.8. The summed E-state index contributed by atoms with van der Waals surface area (Å²) in [6.07, 6.45) is -1.49. The number of rotatable bonds is 6. The van der Waals surface area contributed by atoms with E-state index in [9.17, 15) is 23.1 Å². The fourth-order valence-electron chi connectivity index (χ4n) is 2.76. The molecule has 27 heavy (non-hydrogen) atoms. The Bertz CT molecular complexity index is 1030. The van der Waals surface area contributed by atoms with Gasteiger partial charge in [0.15, 0.2) is 6.23 Å². The Hall–Kier alpha value is -2.39. The lowest BCUT2D eigenvalue weighted by molar-refractivity contribution is -0.0566. The maximum atomic E-state index is 12.0. The molecule has 0 bridgehead atoms. The number of aromatic nitrogens is 5. The zero-order valence-electron chi connectivity index (χ0n) is 14.3. The fraction of sp³-hybridized carbons (Fsp3) is 0.538. The zero-order valence-corrected chi connectivity index (χ0v) is 15.2. The topological polar surface area (TPSA) is 170 Å². The van der Waals surface area contributed by atoms with Crippen LogP contribution in [0.4, 0.5) is 0 Å². The van der Waals surface area contributed by atoms with Crippen LogP contribution in [0.15, 0.2) is 33.1 Å². The minimum Gasteiger partial charge on any atom is -0.387 e. The van der Waals surface area contributed by atoms with Crippen molar-refractivity contribution in [1.82, 2.24) is 29.3 Å². The van der Waals surface area contributed by atoms with Crippen molar-refractivity contribution >= 4 is 10.0 Å². The molecule has 3 heterocycles. The molecule has 2 aromatic heterocycles. The normalized spacial score (nSPS) is 25.7. The maximum Gasteiger partial charge on any atom is 0.330 e. The van der Waals surface area contributed by atoms with Crippen LogP contribution in [-0.4, -0.2) is 70.5 Å². The van der Waals surface area contributed by atoms with Crippen LogP contribution in [0.3, 0.4) is 0 Å². The Morgan fingerprint density at radius 2 is 2.19 bits per heavy atom. The van der Waals surface area contributed by atoms with E-state index in [1.807, 2.05) is 0 Å². The first-order valence-electron chi connectivity index (χ1n) is 7.78. The molecule has 0 amide bonds. The number of aliphatic hydroxyl groups is 1. The SMILES string of the molecule is CNS(=O)(=O)c1cn(CC2OC(n3ccc(=O)[nH]c3=O)C(OC)C2O)nn1. The molecule has 0 saturated carbocycles. The molecule has 1 aliphatic rings. The standard InChI is InChI=1S/C13H18N6O7S/c1-14-27(23,24)9-6-18(17-16-9)5-7-10(21)11(25-2)12(26-7)19-4-3-8(20)15-13(19)22/h3-4,6-7,10-12,14,21H,5H2,1-2H3,(H,15,20,22). The van der Waals surface area contributed by atoms with E-state index < -0.39 is 45.8 Å². The van der Waals surface area contributed by atoms with Crippen molar-refractivity contribution in [2.45, 2.75) is 36.1 Å². The predicted octanol–water partition coefficient (Wildman–Crippen LogP) is -2.99. The lowest BCUT2D eigenvalue weighted by atomic mass is 10.1. The van der Waals surface area contributed by atoms with E-state index in [0.717, 1.165) is 10.6 Å². The predicted molar refractivity (Wildman–Crippen MR) is 88.3 cm³/mol. The molecule has 148 valence electrons. The highest BCUT2D eigenvalue weighted by molar-refractivity contribution is 7.89. The summed E-state index contributed by atoms with van der Waals surface area (Å²) in [5.74, 6) is 0. The molecule has 4 unspecified atom stereocenters. The summed E-state index contributed by atoms with van der Waals surface area (Å²) in [7, 11) is -1.17. The van der Waals surface area contributed by atoms with Gasteiger partial charge in [0.25, 0.3) is 15.6 Å². The van der Waals surface area contributed by atoms with Crippen molar-refractivity contribution in [3.63, 3.8) is 0 Å². The number of methoxy groups -OCH3 is 1. The van der Waals surface area contributed by atoms with E-state index in [1.165, 1.54) is 31.2 Å². The molecule has 4 atom stereocenters. The summed E-state index contributed by atoms with van der Waals surface area (Å²) in [5, 5.41) is 17.5. The number of hydrogen-bond donors (Lipinski definition) is 3. The highest BCUT2D eigenvalue weighted by atomic mass is 32.2. The number of aromatic amines is 1. The van der Waals surface area contributed by atoms with E-state index in [0.29, 0.717) is 0 Å². The van der Waals surface area contributed by atoms with E-state index in [1.54, 1.807) is 0 Å². The van der Waals surface area contributed by atoms with Gasteiger partial charge < -0.3 is 14.6 Å². The Labute approximate surface area is 152 Å². The van der Waals surface area contributed by atoms with Gasteiger partial charge in [-0.2, -0.15) is 0 Å². The zero-order chi connectivity index (χ0) is 19.8. The largest absolute Gasteiger partial charge is 0.387 e. The van der Waals surface area contributed by atoms with Crippen molar-refractivity contribution in [1.29, 1.82) is 0 Å². The van der Waals surface area contributed by atoms with Gasteiger partial charge in [-0.25, -0.2) is 22.6 Å². The van der Waals surface area contributed by atoms with Gasteiger partial charge in [-0.3, -0.25) is 14.3 Å². The molecule has 3 N–H and O–H groups in total. The number of aliphatic hydroxyl groups excluding tert-OH is 1. The second-order valence-corrected chi connectivity index (χ2v) is 7.59. The van der Waals surface area contributed by atoms with E-state index in [4.69, 9.17) is 9.47 Å². The van der Waals surface area contributed by atoms with Crippen LogP contribution >= 0.6 is 0 Å². The van der Waals surface area contributed by atoms with Gasteiger partial charge in [-0.15, -0.1) is 5.10 Å². The summed E-state index contributed by atoms with van der Waals surface area (Å²) >= 11 is 0.